The van der Waals surface area contributed by atoms with Gasteiger partial charge in [0.25, 0.3) is 0 Å². The van der Waals surface area contributed by atoms with E-state index in [1.807, 2.05) is 0 Å². The fraction of sp³-hybridized carbons (Fsp3) is 1.00. The van der Waals surface area contributed by atoms with Crippen molar-refractivity contribution < 1.29 is 4.74 Å². The Bertz CT molecular complexity index is 180. The molecule has 0 radical (unpaired) electrons. The van der Waals surface area contributed by atoms with Crippen molar-refractivity contribution in [1.29, 1.82) is 0 Å². The van der Waals surface area contributed by atoms with Gasteiger partial charge in [-0.3, -0.25) is 5.32 Å². The summed E-state index contributed by atoms with van der Waals surface area (Å²) in [6.45, 7) is 7.62. The van der Waals surface area contributed by atoms with Gasteiger partial charge in [0.05, 0.1) is 5.60 Å². The quantitative estimate of drug-likeness (QED) is 0.585. The van der Waals surface area contributed by atoms with Crippen LogP contribution in [0, 0.1) is 0 Å². The van der Waals surface area contributed by atoms with Crippen LogP contribution in [-0.2, 0) is 4.74 Å². The number of rotatable bonds is 0. The third kappa shape index (κ3) is 2.03. The lowest BCUT2D eigenvalue weighted by Crippen LogP contribution is -2.61. The maximum Gasteiger partial charge on any atom is 0.122 e. The number of ether oxygens (including phenoxy) is 1. The fourth-order valence-corrected chi connectivity index (χ4v) is 2.32. The van der Waals surface area contributed by atoms with Crippen LogP contribution in [0.1, 0.15) is 33.1 Å². The molecule has 0 atom stereocenters. The van der Waals surface area contributed by atoms with Crippen LogP contribution in [0.4, 0.5) is 0 Å². The summed E-state index contributed by atoms with van der Waals surface area (Å²) in [5.74, 6) is 0. The molecule has 2 aliphatic heterocycles. The van der Waals surface area contributed by atoms with Crippen molar-refractivity contribution in [2.24, 2.45) is 0 Å². The van der Waals surface area contributed by atoms with Crippen molar-refractivity contribution in [3.8, 4) is 0 Å². The van der Waals surface area contributed by atoms with E-state index in [0.717, 1.165) is 38.9 Å². The average Bonchev–Trinajstić information content (AvgIpc) is 2.03. The molecule has 0 bridgehead atoms. The second-order valence-corrected chi connectivity index (χ2v) is 4.78. The molecule has 3 nitrogen and oxygen atoms in total. The fourth-order valence-electron chi connectivity index (χ4n) is 2.32. The zero-order valence-electron chi connectivity index (χ0n) is 8.65. The van der Waals surface area contributed by atoms with Crippen LogP contribution in [0.2, 0.25) is 0 Å². The van der Waals surface area contributed by atoms with Crippen molar-refractivity contribution in [1.82, 2.24) is 10.6 Å². The molecule has 2 fully saturated rings. The molecule has 3 heteroatoms. The van der Waals surface area contributed by atoms with E-state index in [-0.39, 0.29) is 11.3 Å². The highest BCUT2D eigenvalue weighted by atomic mass is 16.5. The monoisotopic (exact) mass is 184 g/mol. The summed E-state index contributed by atoms with van der Waals surface area (Å²) in [6, 6.07) is 0. The molecule has 0 aromatic heterocycles. The van der Waals surface area contributed by atoms with E-state index in [0.29, 0.717) is 0 Å². The lowest BCUT2D eigenvalue weighted by atomic mass is 9.94. The molecule has 0 aromatic rings. The van der Waals surface area contributed by atoms with E-state index in [1.165, 1.54) is 0 Å². The first kappa shape index (κ1) is 9.44. The highest BCUT2D eigenvalue weighted by Gasteiger charge is 2.41. The largest absolute Gasteiger partial charge is 0.355 e. The van der Waals surface area contributed by atoms with Gasteiger partial charge in [-0.2, -0.15) is 0 Å². The first-order valence-corrected chi connectivity index (χ1v) is 5.28. The molecule has 0 unspecified atom stereocenters. The van der Waals surface area contributed by atoms with E-state index < -0.39 is 0 Å². The number of piperidine rings is 1. The summed E-state index contributed by atoms with van der Waals surface area (Å²) in [5, 5.41) is 6.89. The third-order valence-electron chi connectivity index (χ3n) is 3.06. The maximum absolute atomic E-state index is 6.15. The summed E-state index contributed by atoms with van der Waals surface area (Å²) in [6.07, 6.45) is 3.30. The number of hydrogen-bond donors (Lipinski definition) is 2. The Morgan fingerprint density at radius 3 is 2.31 bits per heavy atom. The minimum atomic E-state index is -0.0208. The standard InChI is InChI=1S/C10H20N2O/c1-9(2)3-8-12-10(13-9)4-6-11-7-5-10/h11-12H,3-8H2,1-2H3. The molecule has 76 valence electrons. The molecule has 0 amide bonds. The van der Waals surface area contributed by atoms with E-state index >= 15 is 0 Å². The molecule has 2 saturated heterocycles. The third-order valence-corrected chi connectivity index (χ3v) is 3.06. The van der Waals surface area contributed by atoms with Gasteiger partial charge in [-0.25, -0.2) is 0 Å². The molecular formula is C10H20N2O. The SMILES string of the molecule is CC1(C)CCNC2(CCNCC2)O1. The minimum absolute atomic E-state index is 0.0208. The van der Waals surface area contributed by atoms with Gasteiger partial charge in [0.15, 0.2) is 0 Å². The predicted octanol–water partition coefficient (Wildman–Crippen LogP) is 0.855. The Kier molecular flexibility index (Phi) is 2.34. The highest BCUT2D eigenvalue weighted by molar-refractivity contribution is 4.91. The summed E-state index contributed by atoms with van der Waals surface area (Å²) < 4.78 is 6.15. The van der Waals surface area contributed by atoms with Gasteiger partial charge in [0, 0.05) is 19.4 Å². The molecule has 1 spiro atoms. The molecule has 2 N–H and O–H groups in total. The summed E-state index contributed by atoms with van der Waals surface area (Å²) in [7, 11) is 0. The summed E-state index contributed by atoms with van der Waals surface area (Å²) >= 11 is 0. The van der Waals surface area contributed by atoms with Crippen molar-refractivity contribution in [2.75, 3.05) is 19.6 Å². The summed E-state index contributed by atoms with van der Waals surface area (Å²) in [4.78, 5) is 0. The Morgan fingerprint density at radius 1 is 1.00 bits per heavy atom. The van der Waals surface area contributed by atoms with Crippen molar-refractivity contribution in [3.63, 3.8) is 0 Å². The van der Waals surface area contributed by atoms with Gasteiger partial charge in [0.1, 0.15) is 5.72 Å². The van der Waals surface area contributed by atoms with Crippen LogP contribution in [0.3, 0.4) is 0 Å². The van der Waals surface area contributed by atoms with Crippen LogP contribution in [0.25, 0.3) is 0 Å². The highest BCUT2D eigenvalue weighted by Crippen LogP contribution is 2.31. The van der Waals surface area contributed by atoms with E-state index in [2.05, 4.69) is 24.5 Å². The Morgan fingerprint density at radius 2 is 1.69 bits per heavy atom. The summed E-state index contributed by atoms with van der Waals surface area (Å²) in [5.41, 5.74) is 0.0373. The van der Waals surface area contributed by atoms with E-state index in [4.69, 9.17) is 4.74 Å². The van der Waals surface area contributed by atoms with Crippen molar-refractivity contribution in [3.05, 3.63) is 0 Å². The van der Waals surface area contributed by atoms with Crippen LogP contribution in [0.5, 0.6) is 0 Å². The van der Waals surface area contributed by atoms with Gasteiger partial charge in [-0.1, -0.05) is 0 Å². The molecule has 2 rings (SSSR count). The van der Waals surface area contributed by atoms with Crippen LogP contribution < -0.4 is 10.6 Å². The Balaban J connectivity index is 2.04. The zero-order valence-corrected chi connectivity index (χ0v) is 8.65. The second kappa shape index (κ2) is 3.23. The van der Waals surface area contributed by atoms with Gasteiger partial charge in [-0.05, 0) is 33.4 Å². The molecule has 13 heavy (non-hydrogen) atoms. The molecule has 0 saturated carbocycles. The average molecular weight is 184 g/mol. The van der Waals surface area contributed by atoms with Gasteiger partial charge < -0.3 is 10.1 Å². The van der Waals surface area contributed by atoms with Gasteiger partial charge >= 0.3 is 0 Å². The topological polar surface area (TPSA) is 33.3 Å². The lowest BCUT2D eigenvalue weighted by Gasteiger charge is -2.48. The number of nitrogens with one attached hydrogen (secondary N) is 2. The second-order valence-electron chi connectivity index (χ2n) is 4.78. The van der Waals surface area contributed by atoms with E-state index in [9.17, 15) is 0 Å². The molecular weight excluding hydrogens is 164 g/mol. The Labute approximate surface area is 80.2 Å². The van der Waals surface area contributed by atoms with Crippen molar-refractivity contribution >= 4 is 0 Å². The molecule has 0 aromatic carbocycles. The van der Waals surface area contributed by atoms with Crippen molar-refractivity contribution in [2.45, 2.75) is 44.4 Å². The first-order valence-electron chi connectivity index (χ1n) is 5.28. The van der Waals surface area contributed by atoms with E-state index in [1.54, 1.807) is 0 Å². The normalized spacial score (nSPS) is 31.8. The lowest BCUT2D eigenvalue weighted by molar-refractivity contribution is -0.196. The van der Waals surface area contributed by atoms with Crippen LogP contribution >= 0.6 is 0 Å². The van der Waals surface area contributed by atoms with Crippen LogP contribution in [0.15, 0.2) is 0 Å². The zero-order chi connectivity index (χ0) is 9.36. The minimum Gasteiger partial charge on any atom is -0.355 e. The Hall–Kier alpha value is -0.120. The smallest absolute Gasteiger partial charge is 0.122 e. The molecule has 0 aliphatic carbocycles. The molecule has 2 aliphatic rings. The van der Waals surface area contributed by atoms with Gasteiger partial charge in [0.2, 0.25) is 0 Å². The number of hydrogen-bond acceptors (Lipinski definition) is 3. The first-order chi connectivity index (χ1) is 6.12. The van der Waals surface area contributed by atoms with Crippen LogP contribution in [-0.4, -0.2) is 31.0 Å². The molecule has 2 heterocycles. The van der Waals surface area contributed by atoms with Gasteiger partial charge in [-0.15, -0.1) is 0 Å². The maximum atomic E-state index is 6.15. The predicted molar refractivity (Wildman–Crippen MR) is 52.6 cm³/mol.